The van der Waals surface area contributed by atoms with E-state index in [9.17, 15) is 19.2 Å². The molecule has 33 heavy (non-hydrogen) atoms. The van der Waals surface area contributed by atoms with Crippen molar-refractivity contribution in [1.82, 2.24) is 19.1 Å². The lowest BCUT2D eigenvalue weighted by Gasteiger charge is -2.11. The van der Waals surface area contributed by atoms with Crippen LogP contribution in [0.1, 0.15) is 35.9 Å². The van der Waals surface area contributed by atoms with Gasteiger partial charge in [0.1, 0.15) is 12.4 Å². The third-order valence-electron chi connectivity index (χ3n) is 4.94. The number of aromatic amines is 1. The van der Waals surface area contributed by atoms with Crippen LogP contribution in [0.2, 0.25) is 0 Å². The Kier molecular flexibility index (Phi) is 7.16. The molecule has 3 N–H and O–H groups in total. The molecule has 12 nitrogen and oxygen atoms in total. The van der Waals surface area contributed by atoms with E-state index in [1.165, 1.54) is 34.4 Å². The highest BCUT2D eigenvalue weighted by Gasteiger charge is 2.19. The number of ether oxygens (including phenoxy) is 3. The van der Waals surface area contributed by atoms with Crippen LogP contribution in [0.3, 0.4) is 0 Å². The fraction of sp³-hybridized carbons (Fsp3) is 0.381. The largest absolute Gasteiger partial charge is 0.493 e. The van der Waals surface area contributed by atoms with Gasteiger partial charge in [-0.3, -0.25) is 19.1 Å². The fourth-order valence-corrected chi connectivity index (χ4v) is 3.22. The molecule has 0 spiro atoms. The van der Waals surface area contributed by atoms with Gasteiger partial charge in [-0.15, -0.1) is 0 Å². The molecule has 0 saturated heterocycles. The number of methoxy groups -OCH3 is 1. The molecule has 0 aliphatic heterocycles. The number of nitrogens with zero attached hydrogens (tertiary/aromatic N) is 3. The molecule has 2 aromatic heterocycles. The Hall–Kier alpha value is -4.09. The van der Waals surface area contributed by atoms with Crippen molar-refractivity contribution < 1.29 is 23.8 Å². The maximum atomic E-state index is 12.6. The Bertz CT molecular complexity index is 1300. The van der Waals surface area contributed by atoms with Gasteiger partial charge in [0.15, 0.2) is 29.3 Å². The zero-order valence-electron chi connectivity index (χ0n) is 18.5. The molecule has 0 unspecified atom stereocenters. The molecule has 1 aromatic carbocycles. The van der Waals surface area contributed by atoms with Crippen molar-refractivity contribution in [3.63, 3.8) is 0 Å². The van der Waals surface area contributed by atoms with Gasteiger partial charge >= 0.3 is 11.7 Å². The van der Waals surface area contributed by atoms with Crippen LogP contribution in [-0.4, -0.2) is 44.7 Å². The lowest BCUT2D eigenvalue weighted by Crippen LogP contribution is -2.31. The highest BCUT2D eigenvalue weighted by molar-refractivity contribution is 5.90. The monoisotopic (exact) mass is 459 g/mol. The van der Waals surface area contributed by atoms with Crippen LogP contribution in [0.25, 0.3) is 11.2 Å². The minimum atomic E-state index is -0.668. The quantitative estimate of drug-likeness (QED) is 0.413. The number of H-pyrrole nitrogens is 1. The highest BCUT2D eigenvalue weighted by Crippen LogP contribution is 2.28. The lowest BCUT2D eigenvalue weighted by atomic mass is 10.2. The van der Waals surface area contributed by atoms with Gasteiger partial charge in [-0.05, 0) is 24.6 Å². The zero-order chi connectivity index (χ0) is 24.1. The van der Waals surface area contributed by atoms with Gasteiger partial charge in [0.2, 0.25) is 0 Å². The first-order valence-corrected chi connectivity index (χ1v) is 10.2. The molecule has 2 heterocycles. The van der Waals surface area contributed by atoms with Crippen molar-refractivity contribution in [2.45, 2.75) is 32.9 Å². The summed E-state index contributed by atoms with van der Waals surface area (Å²) < 4.78 is 18.7. The summed E-state index contributed by atoms with van der Waals surface area (Å²) >= 11 is 0. The summed E-state index contributed by atoms with van der Waals surface area (Å²) in [6.07, 6.45) is 1.60. The molecule has 3 aromatic rings. The summed E-state index contributed by atoms with van der Waals surface area (Å²) in [6.45, 7) is 1.83. The average molecular weight is 459 g/mol. The number of nitrogens with two attached hydrogens (primary N) is 1. The van der Waals surface area contributed by atoms with Crippen molar-refractivity contribution >= 4 is 23.0 Å². The molecule has 0 aliphatic carbocycles. The summed E-state index contributed by atoms with van der Waals surface area (Å²) in [7, 11) is 2.99. The summed E-state index contributed by atoms with van der Waals surface area (Å²) in [5, 5.41) is 0. The number of unbranched alkanes of at least 4 members (excludes halogenated alkanes) is 1. The molecule has 0 aliphatic rings. The number of aryl methyl sites for hydroxylation is 2. The Morgan fingerprint density at radius 2 is 1.97 bits per heavy atom. The Morgan fingerprint density at radius 3 is 2.64 bits per heavy atom. The minimum absolute atomic E-state index is 0.176. The van der Waals surface area contributed by atoms with E-state index in [-0.39, 0.29) is 41.4 Å². The number of hydrogen-bond donors (Lipinski definition) is 2. The van der Waals surface area contributed by atoms with Gasteiger partial charge in [0.25, 0.3) is 11.5 Å². The Labute approximate surface area is 187 Å². The van der Waals surface area contributed by atoms with Gasteiger partial charge in [-0.1, -0.05) is 13.3 Å². The van der Waals surface area contributed by atoms with Gasteiger partial charge in [0.05, 0.1) is 12.7 Å². The number of carbonyl (C=O) groups excluding carboxylic acids is 2. The van der Waals surface area contributed by atoms with Crippen LogP contribution in [0.15, 0.2) is 27.8 Å². The molecule has 0 atom stereocenters. The number of benzene rings is 1. The van der Waals surface area contributed by atoms with Crippen molar-refractivity contribution in [1.29, 1.82) is 0 Å². The summed E-state index contributed by atoms with van der Waals surface area (Å²) in [4.78, 5) is 54.7. The standard InChI is InChI=1S/C21H25N5O7/c1-4-5-8-26-18-17(19(28)24-21(26)30)25(2)16(23-18)11-33-20(29)12-6-7-13(14(9-12)31-3)32-10-15(22)27/h6-7,9H,4-5,8,10-11H2,1-3H3,(H2,22,27)(H,24,28,30). The van der Waals surface area contributed by atoms with Crippen LogP contribution >= 0.6 is 0 Å². The predicted molar refractivity (Wildman–Crippen MR) is 117 cm³/mol. The van der Waals surface area contributed by atoms with Crippen molar-refractivity contribution in [3.05, 3.63) is 50.4 Å². The van der Waals surface area contributed by atoms with E-state index in [1.807, 2.05) is 6.92 Å². The topological polar surface area (TPSA) is 161 Å². The van der Waals surface area contributed by atoms with Crippen molar-refractivity contribution in [3.8, 4) is 11.5 Å². The number of carbonyl (C=O) groups is 2. The Balaban J connectivity index is 1.83. The van der Waals surface area contributed by atoms with E-state index in [0.29, 0.717) is 12.4 Å². The first-order chi connectivity index (χ1) is 15.8. The van der Waals surface area contributed by atoms with Gasteiger partial charge in [-0.25, -0.2) is 14.6 Å². The van der Waals surface area contributed by atoms with Crippen LogP contribution in [0.5, 0.6) is 11.5 Å². The summed E-state index contributed by atoms with van der Waals surface area (Å²) in [6, 6.07) is 4.31. The number of rotatable bonds is 10. The third kappa shape index (κ3) is 5.05. The third-order valence-corrected chi connectivity index (χ3v) is 4.94. The second kappa shape index (κ2) is 10.0. The normalized spacial score (nSPS) is 10.9. The SMILES string of the molecule is CCCCn1c(=O)[nH]c(=O)c2c1nc(COC(=O)c1ccc(OCC(N)=O)c(OC)c1)n2C. The first kappa shape index (κ1) is 23.6. The molecule has 176 valence electrons. The van der Waals surface area contributed by atoms with E-state index in [1.54, 1.807) is 7.05 Å². The fourth-order valence-electron chi connectivity index (χ4n) is 3.22. The number of amides is 1. The summed E-state index contributed by atoms with van der Waals surface area (Å²) in [5.41, 5.74) is 4.60. The first-order valence-electron chi connectivity index (χ1n) is 10.2. The van der Waals surface area contributed by atoms with Crippen LogP contribution in [-0.2, 0) is 29.7 Å². The van der Waals surface area contributed by atoms with Crippen molar-refractivity contribution in [2.24, 2.45) is 12.8 Å². The number of fused-ring (bicyclic) bond motifs is 1. The van der Waals surface area contributed by atoms with E-state index >= 15 is 0 Å². The van der Waals surface area contributed by atoms with Crippen molar-refractivity contribution in [2.75, 3.05) is 13.7 Å². The second-order valence-corrected chi connectivity index (χ2v) is 7.22. The maximum Gasteiger partial charge on any atom is 0.338 e. The second-order valence-electron chi connectivity index (χ2n) is 7.22. The van der Waals surface area contributed by atoms with Crippen LogP contribution in [0.4, 0.5) is 0 Å². The number of nitrogens with one attached hydrogen (secondary N) is 1. The zero-order valence-corrected chi connectivity index (χ0v) is 18.5. The number of aromatic nitrogens is 4. The van der Waals surface area contributed by atoms with Crippen LogP contribution < -0.4 is 26.5 Å². The molecule has 0 bridgehead atoms. The van der Waals surface area contributed by atoms with Crippen LogP contribution in [0, 0.1) is 0 Å². The number of esters is 1. The molecule has 0 radical (unpaired) electrons. The Morgan fingerprint density at radius 1 is 1.21 bits per heavy atom. The molecule has 3 rings (SSSR count). The van der Waals surface area contributed by atoms with E-state index < -0.39 is 23.1 Å². The number of imidazole rings is 1. The smallest absolute Gasteiger partial charge is 0.338 e. The number of hydrogen-bond acceptors (Lipinski definition) is 8. The van der Waals surface area contributed by atoms with E-state index in [0.717, 1.165) is 12.8 Å². The summed E-state index contributed by atoms with van der Waals surface area (Å²) in [5.74, 6) is -0.554. The maximum absolute atomic E-state index is 12.6. The predicted octanol–water partition coefficient (Wildman–Crippen LogP) is 0.453. The number of primary amides is 1. The van der Waals surface area contributed by atoms with E-state index in [2.05, 4.69) is 9.97 Å². The van der Waals surface area contributed by atoms with Gasteiger partial charge < -0.3 is 24.5 Å². The minimum Gasteiger partial charge on any atom is -0.493 e. The van der Waals surface area contributed by atoms with E-state index in [4.69, 9.17) is 19.9 Å². The molecule has 0 fully saturated rings. The molecule has 12 heteroatoms. The molecule has 1 amide bonds. The lowest BCUT2D eigenvalue weighted by molar-refractivity contribution is -0.119. The van der Waals surface area contributed by atoms with Gasteiger partial charge in [0, 0.05) is 13.6 Å². The average Bonchev–Trinajstić information content (AvgIpc) is 3.12. The molecule has 0 saturated carbocycles. The highest BCUT2D eigenvalue weighted by atomic mass is 16.5. The van der Waals surface area contributed by atoms with Gasteiger partial charge in [-0.2, -0.15) is 0 Å². The molecular weight excluding hydrogens is 434 g/mol. The molecular formula is C21H25N5O7.